The number of carbonyl (C=O) groups excluding carboxylic acids is 1. The minimum Gasteiger partial charge on any atom is -0.350 e. The fraction of sp³-hybridized carbons (Fsp3) is 0.150. The fourth-order valence-corrected chi connectivity index (χ4v) is 2.54. The van der Waals surface area contributed by atoms with Crippen molar-refractivity contribution in [2.45, 2.75) is 13.3 Å². The molecule has 0 aliphatic rings. The van der Waals surface area contributed by atoms with Gasteiger partial charge in [-0.1, -0.05) is 30.3 Å². The van der Waals surface area contributed by atoms with Crippen LogP contribution in [-0.4, -0.2) is 22.4 Å². The smallest absolute Gasteiger partial charge is 0.270 e. The zero-order chi connectivity index (χ0) is 20.1. The van der Waals surface area contributed by atoms with Crippen LogP contribution >= 0.6 is 0 Å². The molecule has 3 rings (SSSR count). The lowest BCUT2D eigenvalue weighted by Crippen LogP contribution is -2.27. The molecule has 0 aliphatic carbocycles. The Kier molecular flexibility index (Phi) is 5.88. The molecule has 0 spiro atoms. The van der Waals surface area contributed by atoms with Crippen LogP contribution in [0.4, 0.5) is 24.8 Å². The Morgan fingerprint density at radius 3 is 2.50 bits per heavy atom. The summed E-state index contributed by atoms with van der Waals surface area (Å²) < 4.78 is 40.2. The third-order valence-electron chi connectivity index (χ3n) is 3.91. The fourth-order valence-electron chi connectivity index (χ4n) is 2.54. The molecule has 0 fully saturated rings. The molecule has 0 saturated heterocycles. The number of halogens is 3. The van der Waals surface area contributed by atoms with E-state index in [1.54, 1.807) is 6.92 Å². The van der Waals surface area contributed by atoms with Crippen LogP contribution in [0.1, 0.15) is 21.7 Å². The van der Waals surface area contributed by atoms with Gasteiger partial charge in [0.25, 0.3) is 5.91 Å². The van der Waals surface area contributed by atoms with Crippen LogP contribution in [0.25, 0.3) is 0 Å². The first kappa shape index (κ1) is 19.3. The lowest BCUT2D eigenvalue weighted by atomic mass is 10.1. The molecule has 2 aromatic carbocycles. The number of aryl methyl sites for hydroxylation is 1. The summed E-state index contributed by atoms with van der Waals surface area (Å²) in [6, 6.07) is 13.0. The summed E-state index contributed by atoms with van der Waals surface area (Å²) in [7, 11) is 0. The van der Waals surface area contributed by atoms with Crippen molar-refractivity contribution < 1.29 is 18.0 Å². The highest BCUT2D eigenvalue weighted by molar-refractivity contribution is 5.92. The van der Waals surface area contributed by atoms with Gasteiger partial charge in [0.1, 0.15) is 5.69 Å². The summed E-state index contributed by atoms with van der Waals surface area (Å²) in [5.41, 5.74) is 1.28. The van der Waals surface area contributed by atoms with Gasteiger partial charge in [-0.3, -0.25) is 4.79 Å². The van der Waals surface area contributed by atoms with E-state index in [-0.39, 0.29) is 17.3 Å². The summed E-state index contributed by atoms with van der Waals surface area (Å²) in [6.07, 6.45) is 0.655. The SMILES string of the molecule is Cc1cc(C(=O)NCCc2ccccc2)nc(Nc2ccc(F)c(F)c2F)n1. The van der Waals surface area contributed by atoms with E-state index in [0.717, 1.165) is 17.7 Å². The highest BCUT2D eigenvalue weighted by Crippen LogP contribution is 2.22. The van der Waals surface area contributed by atoms with Crippen molar-refractivity contribution in [3.8, 4) is 0 Å². The van der Waals surface area contributed by atoms with E-state index < -0.39 is 23.4 Å². The summed E-state index contributed by atoms with van der Waals surface area (Å²) in [6.45, 7) is 2.04. The number of nitrogens with one attached hydrogen (secondary N) is 2. The number of hydrogen-bond acceptors (Lipinski definition) is 4. The number of hydrogen-bond donors (Lipinski definition) is 2. The van der Waals surface area contributed by atoms with Crippen LogP contribution in [0, 0.1) is 24.4 Å². The summed E-state index contributed by atoms with van der Waals surface area (Å²) >= 11 is 0. The number of rotatable bonds is 6. The highest BCUT2D eigenvalue weighted by atomic mass is 19.2. The quantitative estimate of drug-likeness (QED) is 0.630. The van der Waals surface area contributed by atoms with Crippen LogP contribution in [-0.2, 0) is 6.42 Å². The Balaban J connectivity index is 1.70. The van der Waals surface area contributed by atoms with Crippen molar-refractivity contribution in [2.24, 2.45) is 0 Å². The van der Waals surface area contributed by atoms with Crippen LogP contribution < -0.4 is 10.6 Å². The molecular weight excluding hydrogens is 369 g/mol. The molecule has 1 amide bonds. The zero-order valence-electron chi connectivity index (χ0n) is 15.0. The number of anilines is 2. The predicted molar refractivity (Wildman–Crippen MR) is 98.8 cm³/mol. The number of amides is 1. The molecule has 2 N–H and O–H groups in total. The monoisotopic (exact) mass is 386 g/mol. The minimum atomic E-state index is -1.60. The van der Waals surface area contributed by atoms with Crippen molar-refractivity contribution in [2.75, 3.05) is 11.9 Å². The van der Waals surface area contributed by atoms with E-state index in [1.165, 1.54) is 6.07 Å². The first-order chi connectivity index (χ1) is 13.4. The Morgan fingerprint density at radius 2 is 1.75 bits per heavy atom. The van der Waals surface area contributed by atoms with E-state index in [9.17, 15) is 18.0 Å². The topological polar surface area (TPSA) is 66.9 Å². The van der Waals surface area contributed by atoms with E-state index in [2.05, 4.69) is 20.6 Å². The maximum atomic E-state index is 13.8. The molecule has 1 heterocycles. The van der Waals surface area contributed by atoms with Gasteiger partial charge in [0.2, 0.25) is 5.95 Å². The van der Waals surface area contributed by atoms with Crippen molar-refractivity contribution in [1.29, 1.82) is 0 Å². The molecular formula is C20H17F3N4O. The van der Waals surface area contributed by atoms with Crippen molar-refractivity contribution >= 4 is 17.5 Å². The van der Waals surface area contributed by atoms with Crippen molar-refractivity contribution in [1.82, 2.24) is 15.3 Å². The summed E-state index contributed by atoms with van der Waals surface area (Å²) in [4.78, 5) is 20.4. The first-order valence-corrected chi connectivity index (χ1v) is 8.52. The Labute approximate surface area is 159 Å². The molecule has 0 radical (unpaired) electrons. The molecule has 1 aromatic heterocycles. The average Bonchev–Trinajstić information content (AvgIpc) is 2.69. The predicted octanol–water partition coefficient (Wildman–Crippen LogP) is 3.92. The maximum absolute atomic E-state index is 13.8. The molecule has 0 saturated carbocycles. The minimum absolute atomic E-state index is 0.0750. The van der Waals surface area contributed by atoms with Crippen molar-refractivity contribution in [3.63, 3.8) is 0 Å². The number of benzene rings is 2. The molecule has 3 aromatic rings. The van der Waals surface area contributed by atoms with Gasteiger partial charge in [-0.15, -0.1) is 0 Å². The first-order valence-electron chi connectivity index (χ1n) is 8.52. The van der Waals surface area contributed by atoms with Crippen LogP contribution in [0.5, 0.6) is 0 Å². The summed E-state index contributed by atoms with van der Waals surface area (Å²) in [5.74, 6) is -4.81. The number of carbonyl (C=O) groups is 1. The molecule has 5 nitrogen and oxygen atoms in total. The van der Waals surface area contributed by atoms with Crippen LogP contribution in [0.15, 0.2) is 48.5 Å². The Hall–Kier alpha value is -3.42. The highest BCUT2D eigenvalue weighted by Gasteiger charge is 2.16. The van der Waals surface area contributed by atoms with Crippen LogP contribution in [0.3, 0.4) is 0 Å². The Morgan fingerprint density at radius 1 is 1.00 bits per heavy atom. The largest absolute Gasteiger partial charge is 0.350 e. The normalized spacial score (nSPS) is 10.6. The lowest BCUT2D eigenvalue weighted by Gasteiger charge is -2.10. The zero-order valence-corrected chi connectivity index (χ0v) is 15.0. The molecule has 0 atom stereocenters. The Bertz CT molecular complexity index is 996. The van der Waals surface area contributed by atoms with Gasteiger partial charge < -0.3 is 10.6 Å². The second-order valence-electron chi connectivity index (χ2n) is 6.06. The van der Waals surface area contributed by atoms with Gasteiger partial charge in [-0.05, 0) is 37.1 Å². The molecule has 0 aliphatic heterocycles. The summed E-state index contributed by atoms with van der Waals surface area (Å²) in [5, 5.41) is 5.23. The number of nitrogens with zero attached hydrogens (tertiary/aromatic N) is 2. The standard InChI is InChI=1S/C20H17F3N4O/c1-12-11-16(19(28)24-10-9-13-5-3-2-4-6-13)27-20(25-12)26-15-8-7-14(21)17(22)18(15)23/h2-8,11H,9-10H2,1H3,(H,24,28)(H,25,26,27). The molecule has 8 heteroatoms. The van der Waals surface area contributed by atoms with Gasteiger partial charge in [-0.25, -0.2) is 23.1 Å². The molecule has 144 valence electrons. The van der Waals surface area contributed by atoms with Crippen molar-refractivity contribution in [3.05, 3.63) is 82.9 Å². The van der Waals surface area contributed by atoms with E-state index in [1.807, 2.05) is 30.3 Å². The lowest BCUT2D eigenvalue weighted by molar-refractivity contribution is 0.0949. The second-order valence-corrected chi connectivity index (χ2v) is 6.06. The van der Waals surface area contributed by atoms with Gasteiger partial charge >= 0.3 is 0 Å². The second kappa shape index (κ2) is 8.51. The number of aromatic nitrogens is 2. The van der Waals surface area contributed by atoms with E-state index >= 15 is 0 Å². The third-order valence-corrected chi connectivity index (χ3v) is 3.91. The maximum Gasteiger partial charge on any atom is 0.270 e. The van der Waals surface area contributed by atoms with E-state index in [0.29, 0.717) is 18.7 Å². The van der Waals surface area contributed by atoms with Gasteiger partial charge in [0.05, 0.1) is 5.69 Å². The molecule has 28 heavy (non-hydrogen) atoms. The van der Waals surface area contributed by atoms with E-state index in [4.69, 9.17) is 0 Å². The third kappa shape index (κ3) is 4.64. The average molecular weight is 386 g/mol. The van der Waals surface area contributed by atoms with Crippen LogP contribution in [0.2, 0.25) is 0 Å². The van der Waals surface area contributed by atoms with Gasteiger partial charge in [-0.2, -0.15) is 0 Å². The molecule has 0 bridgehead atoms. The molecule has 0 unspecified atom stereocenters. The van der Waals surface area contributed by atoms with Gasteiger partial charge in [0.15, 0.2) is 17.5 Å². The van der Waals surface area contributed by atoms with Gasteiger partial charge in [0, 0.05) is 12.2 Å².